The zero-order valence-electron chi connectivity index (χ0n) is 14.6. The van der Waals surface area contributed by atoms with Gasteiger partial charge in [-0.3, -0.25) is 9.69 Å². The zero-order valence-corrected chi connectivity index (χ0v) is 14.6. The predicted octanol–water partition coefficient (Wildman–Crippen LogP) is 2.13. The molecule has 1 aromatic carbocycles. The van der Waals surface area contributed by atoms with Crippen LogP contribution in [0.25, 0.3) is 0 Å². The number of para-hydroxylation sites is 1. The first-order valence-electron chi connectivity index (χ1n) is 9.26. The number of ether oxygens (including phenoxy) is 1. The molecule has 5 atom stereocenters. The van der Waals surface area contributed by atoms with Gasteiger partial charge in [-0.25, -0.2) is 4.79 Å². The van der Waals surface area contributed by atoms with E-state index in [9.17, 15) is 14.7 Å². The largest absolute Gasteiger partial charge is 0.497 e. The van der Waals surface area contributed by atoms with E-state index in [0.29, 0.717) is 12.0 Å². The van der Waals surface area contributed by atoms with E-state index in [1.54, 1.807) is 0 Å². The van der Waals surface area contributed by atoms with Crippen molar-refractivity contribution in [2.75, 3.05) is 18.4 Å². The summed E-state index contributed by atoms with van der Waals surface area (Å²) in [6.45, 7) is 3.63. The molecule has 4 aliphatic heterocycles. The molecule has 1 spiro atoms. The Morgan fingerprint density at radius 1 is 1.38 bits per heavy atom. The molecule has 4 aliphatic rings. The number of ketones is 1. The summed E-state index contributed by atoms with van der Waals surface area (Å²) in [6.07, 6.45) is 2.84. The van der Waals surface area contributed by atoms with Crippen LogP contribution in [0.5, 0.6) is 0 Å². The van der Waals surface area contributed by atoms with Crippen molar-refractivity contribution in [2.24, 2.45) is 11.8 Å². The van der Waals surface area contributed by atoms with Crippen LogP contribution < -0.4 is 5.32 Å². The summed E-state index contributed by atoms with van der Waals surface area (Å²) in [5.41, 5.74) is 1.37. The molecule has 2 N–H and O–H groups in total. The third-order valence-electron chi connectivity index (χ3n) is 6.84. The predicted molar refractivity (Wildman–Crippen MR) is 95.0 cm³/mol. The number of hydrogen-bond donors (Lipinski definition) is 2. The Hall–Kier alpha value is -2.34. The minimum absolute atomic E-state index is 0.00923. The summed E-state index contributed by atoms with van der Waals surface area (Å²) >= 11 is 0. The van der Waals surface area contributed by atoms with Gasteiger partial charge in [0, 0.05) is 42.2 Å². The van der Waals surface area contributed by atoms with E-state index in [0.717, 1.165) is 30.8 Å². The maximum absolute atomic E-state index is 13.3. The topological polar surface area (TPSA) is 78.9 Å². The van der Waals surface area contributed by atoms with Crippen LogP contribution >= 0.6 is 0 Å². The van der Waals surface area contributed by atoms with Crippen LogP contribution in [-0.2, 0) is 9.53 Å². The molecule has 6 nitrogen and oxygen atoms in total. The number of carbonyl (C=O) groups excluding carboxylic acids is 1. The quantitative estimate of drug-likeness (QED) is 0.804. The summed E-state index contributed by atoms with van der Waals surface area (Å²) in [4.78, 5) is 27.4. The van der Waals surface area contributed by atoms with Crippen LogP contribution in [0.2, 0.25) is 0 Å². The van der Waals surface area contributed by atoms with Crippen LogP contribution in [0.1, 0.15) is 30.1 Å². The van der Waals surface area contributed by atoms with Crippen molar-refractivity contribution in [3.63, 3.8) is 0 Å². The molecular weight excluding hydrogens is 332 g/mol. The van der Waals surface area contributed by atoms with Gasteiger partial charge >= 0.3 is 5.97 Å². The van der Waals surface area contributed by atoms with Crippen LogP contribution in [0.4, 0.5) is 5.69 Å². The Morgan fingerprint density at radius 3 is 2.96 bits per heavy atom. The number of anilines is 1. The van der Waals surface area contributed by atoms with Crippen molar-refractivity contribution in [1.82, 2.24) is 4.90 Å². The highest BCUT2D eigenvalue weighted by Gasteiger charge is 2.60. The van der Waals surface area contributed by atoms with Gasteiger partial charge in [0.25, 0.3) is 0 Å². The summed E-state index contributed by atoms with van der Waals surface area (Å²) in [6, 6.07) is 7.68. The Morgan fingerprint density at radius 2 is 2.19 bits per heavy atom. The average Bonchev–Trinajstić information content (AvgIpc) is 3.13. The molecule has 2 fully saturated rings. The lowest BCUT2D eigenvalue weighted by molar-refractivity contribution is -0.135. The Balaban J connectivity index is 1.52. The Labute approximate surface area is 151 Å². The lowest BCUT2D eigenvalue weighted by Crippen LogP contribution is -2.59. The number of hydrogen-bond acceptors (Lipinski definition) is 5. The molecule has 6 heteroatoms. The van der Waals surface area contributed by atoms with Gasteiger partial charge in [-0.1, -0.05) is 12.1 Å². The zero-order chi connectivity index (χ0) is 18.1. The maximum atomic E-state index is 13.3. The monoisotopic (exact) mass is 354 g/mol. The van der Waals surface area contributed by atoms with Gasteiger partial charge in [0.1, 0.15) is 5.54 Å². The number of Topliss-reactive ketones (excluding diaryl/α,β-unsaturated/α-hetero) is 1. The molecule has 0 radical (unpaired) electrons. The van der Waals surface area contributed by atoms with E-state index in [2.05, 4.69) is 10.2 Å². The molecular formula is C20H22N2O4. The molecule has 5 rings (SSSR count). The van der Waals surface area contributed by atoms with E-state index < -0.39 is 11.5 Å². The van der Waals surface area contributed by atoms with Crippen molar-refractivity contribution >= 4 is 17.4 Å². The second-order valence-corrected chi connectivity index (χ2v) is 7.96. The molecule has 0 aliphatic carbocycles. The van der Waals surface area contributed by atoms with E-state index in [1.807, 2.05) is 31.2 Å². The lowest BCUT2D eigenvalue weighted by Gasteiger charge is -2.47. The molecule has 136 valence electrons. The van der Waals surface area contributed by atoms with E-state index >= 15 is 0 Å². The van der Waals surface area contributed by atoms with Gasteiger partial charge in [-0.15, -0.1) is 0 Å². The smallest absolute Gasteiger partial charge is 0.334 e. The first-order valence-corrected chi connectivity index (χ1v) is 9.26. The van der Waals surface area contributed by atoms with Gasteiger partial charge < -0.3 is 15.2 Å². The van der Waals surface area contributed by atoms with Crippen molar-refractivity contribution in [2.45, 2.75) is 37.5 Å². The number of aliphatic carboxylic acids is 1. The second-order valence-electron chi connectivity index (χ2n) is 7.96. The number of nitrogens with zero attached hydrogens (tertiary/aromatic N) is 1. The molecule has 5 unspecified atom stereocenters. The van der Waals surface area contributed by atoms with Crippen molar-refractivity contribution < 1.29 is 19.4 Å². The average molecular weight is 354 g/mol. The summed E-state index contributed by atoms with van der Waals surface area (Å²) in [7, 11) is 0. The minimum Gasteiger partial charge on any atom is -0.497 e. The van der Waals surface area contributed by atoms with Crippen molar-refractivity contribution in [3.8, 4) is 0 Å². The SMILES string of the molecule is CC1OC=C(C(=O)O)C2CC3N(CCC34Nc3ccccc3C4=O)CC12. The molecule has 0 amide bonds. The first-order chi connectivity index (χ1) is 12.5. The number of benzene rings is 1. The number of carboxylic acids is 1. The van der Waals surface area contributed by atoms with Crippen molar-refractivity contribution in [1.29, 1.82) is 0 Å². The number of piperidine rings is 1. The number of rotatable bonds is 1. The third kappa shape index (κ3) is 1.96. The van der Waals surface area contributed by atoms with E-state index in [-0.39, 0.29) is 29.8 Å². The van der Waals surface area contributed by atoms with Crippen LogP contribution in [0.3, 0.4) is 0 Å². The first kappa shape index (κ1) is 15.9. The fourth-order valence-corrected chi connectivity index (χ4v) is 5.49. The second kappa shape index (κ2) is 5.33. The summed E-state index contributed by atoms with van der Waals surface area (Å²) < 4.78 is 5.61. The number of carboxylic acid groups (broad SMARTS) is 1. The Bertz CT molecular complexity index is 835. The number of fused-ring (bicyclic) bond motifs is 4. The molecule has 26 heavy (non-hydrogen) atoms. The van der Waals surface area contributed by atoms with E-state index in [1.165, 1.54) is 6.26 Å². The molecule has 0 aromatic heterocycles. The standard InChI is InChI=1S/C20H22N2O4/c1-11-14-9-22-7-6-20(18(23)12-4-2-3-5-16(12)21-20)17(22)8-13(14)15(10-26-11)19(24)25/h2-5,10-11,13-14,17,21H,6-9H2,1H3,(H,24,25). The summed E-state index contributed by atoms with van der Waals surface area (Å²) in [5, 5.41) is 13.1. The van der Waals surface area contributed by atoms with Crippen molar-refractivity contribution in [3.05, 3.63) is 41.7 Å². The summed E-state index contributed by atoms with van der Waals surface area (Å²) in [5.74, 6) is -0.691. The third-order valence-corrected chi connectivity index (χ3v) is 6.84. The van der Waals surface area contributed by atoms with E-state index in [4.69, 9.17) is 4.74 Å². The maximum Gasteiger partial charge on any atom is 0.334 e. The number of carbonyl (C=O) groups is 2. The molecule has 1 aromatic rings. The highest BCUT2D eigenvalue weighted by atomic mass is 16.5. The van der Waals surface area contributed by atoms with Crippen LogP contribution in [0.15, 0.2) is 36.1 Å². The van der Waals surface area contributed by atoms with Gasteiger partial charge in [-0.2, -0.15) is 0 Å². The number of nitrogens with one attached hydrogen (secondary N) is 1. The molecule has 4 heterocycles. The fraction of sp³-hybridized carbons (Fsp3) is 0.500. The normalized spacial score (nSPS) is 38.0. The highest BCUT2D eigenvalue weighted by Crippen LogP contribution is 2.49. The molecule has 2 saturated heterocycles. The van der Waals surface area contributed by atoms with Gasteiger partial charge in [0.2, 0.25) is 0 Å². The molecule has 0 bridgehead atoms. The van der Waals surface area contributed by atoms with Gasteiger partial charge in [-0.05, 0) is 31.9 Å². The fourth-order valence-electron chi connectivity index (χ4n) is 5.49. The lowest BCUT2D eigenvalue weighted by atomic mass is 9.70. The minimum atomic E-state index is -0.915. The molecule has 0 saturated carbocycles. The van der Waals surface area contributed by atoms with Crippen LogP contribution in [0, 0.1) is 11.8 Å². The van der Waals surface area contributed by atoms with Crippen LogP contribution in [-0.4, -0.2) is 52.5 Å². The highest BCUT2D eigenvalue weighted by molar-refractivity contribution is 6.14. The van der Waals surface area contributed by atoms with Gasteiger partial charge in [0.15, 0.2) is 5.78 Å². The van der Waals surface area contributed by atoms with Gasteiger partial charge in [0.05, 0.1) is 17.9 Å². The Kier molecular flexibility index (Phi) is 3.26.